The number of carbonyl (C=O) groups excluding carboxylic acids is 1. The topological polar surface area (TPSA) is 63.1 Å². The van der Waals surface area contributed by atoms with Crippen molar-refractivity contribution in [3.8, 4) is 0 Å². The van der Waals surface area contributed by atoms with Gasteiger partial charge in [0.05, 0.1) is 6.54 Å². The van der Waals surface area contributed by atoms with Gasteiger partial charge in [-0.15, -0.1) is 0 Å². The standard InChI is InChI=1S/C21H23F2N5O/c1-2-7-26-21(29)28(14-17-4-3-8-24-12-17)15-20-25-9-10-27(20)13-16-5-6-18(22)19(23)11-16/h3-6,8-12H,2,7,13-15H2,1H3,(H,26,29). The lowest BCUT2D eigenvalue weighted by atomic mass is 10.2. The van der Waals surface area contributed by atoms with Gasteiger partial charge in [0.25, 0.3) is 0 Å². The summed E-state index contributed by atoms with van der Waals surface area (Å²) in [6.07, 6.45) is 7.61. The van der Waals surface area contributed by atoms with E-state index in [9.17, 15) is 13.6 Å². The number of carbonyl (C=O) groups is 1. The number of rotatable bonds is 8. The maximum atomic E-state index is 13.5. The van der Waals surface area contributed by atoms with Gasteiger partial charge in [-0.1, -0.05) is 19.1 Å². The number of benzene rings is 1. The Balaban J connectivity index is 1.77. The lowest BCUT2D eigenvalue weighted by molar-refractivity contribution is 0.190. The second-order valence-electron chi connectivity index (χ2n) is 6.67. The molecule has 1 N–H and O–H groups in total. The van der Waals surface area contributed by atoms with Crippen LogP contribution >= 0.6 is 0 Å². The largest absolute Gasteiger partial charge is 0.338 e. The summed E-state index contributed by atoms with van der Waals surface area (Å²) in [6, 6.07) is 7.33. The lowest BCUT2D eigenvalue weighted by Crippen LogP contribution is -2.40. The summed E-state index contributed by atoms with van der Waals surface area (Å²) in [4.78, 5) is 22.8. The number of hydrogen-bond donors (Lipinski definition) is 1. The van der Waals surface area contributed by atoms with Gasteiger partial charge in [-0.25, -0.2) is 18.6 Å². The van der Waals surface area contributed by atoms with E-state index in [1.165, 1.54) is 12.1 Å². The predicted octanol–water partition coefficient (Wildman–Crippen LogP) is 3.73. The van der Waals surface area contributed by atoms with Crippen LogP contribution in [0.2, 0.25) is 0 Å². The molecule has 0 saturated carbocycles. The second-order valence-corrected chi connectivity index (χ2v) is 6.67. The first-order valence-corrected chi connectivity index (χ1v) is 9.42. The Kier molecular flexibility index (Phi) is 6.89. The van der Waals surface area contributed by atoms with E-state index in [1.807, 2.05) is 23.6 Å². The molecule has 0 aliphatic carbocycles. The van der Waals surface area contributed by atoms with Crippen molar-refractivity contribution in [1.29, 1.82) is 0 Å². The molecule has 1 aromatic carbocycles. The Morgan fingerprint density at radius 1 is 1.14 bits per heavy atom. The molecule has 0 aliphatic rings. The average molecular weight is 399 g/mol. The van der Waals surface area contributed by atoms with Crippen molar-refractivity contribution in [2.75, 3.05) is 6.54 Å². The summed E-state index contributed by atoms with van der Waals surface area (Å²) in [5, 5.41) is 2.89. The monoisotopic (exact) mass is 399 g/mol. The molecule has 29 heavy (non-hydrogen) atoms. The van der Waals surface area contributed by atoms with Crippen molar-refractivity contribution < 1.29 is 13.6 Å². The lowest BCUT2D eigenvalue weighted by Gasteiger charge is -2.23. The molecule has 0 atom stereocenters. The highest BCUT2D eigenvalue weighted by molar-refractivity contribution is 5.74. The van der Waals surface area contributed by atoms with Crippen LogP contribution in [0.15, 0.2) is 55.1 Å². The molecule has 0 bridgehead atoms. The highest BCUT2D eigenvalue weighted by Crippen LogP contribution is 2.13. The molecule has 2 amide bonds. The fourth-order valence-corrected chi connectivity index (χ4v) is 2.90. The van der Waals surface area contributed by atoms with Crippen molar-refractivity contribution in [3.05, 3.63) is 83.7 Å². The van der Waals surface area contributed by atoms with Crippen LogP contribution < -0.4 is 5.32 Å². The maximum absolute atomic E-state index is 13.5. The zero-order valence-corrected chi connectivity index (χ0v) is 16.2. The number of urea groups is 1. The summed E-state index contributed by atoms with van der Waals surface area (Å²) in [5.74, 6) is -1.12. The van der Waals surface area contributed by atoms with E-state index in [0.29, 0.717) is 31.0 Å². The van der Waals surface area contributed by atoms with Crippen LogP contribution in [-0.2, 0) is 19.6 Å². The first-order chi connectivity index (χ1) is 14.1. The Morgan fingerprint density at radius 3 is 2.72 bits per heavy atom. The van der Waals surface area contributed by atoms with Gasteiger partial charge in [0.2, 0.25) is 0 Å². The molecule has 0 unspecified atom stereocenters. The number of amides is 2. The Hall–Kier alpha value is -3.29. The minimum absolute atomic E-state index is 0.196. The number of aromatic nitrogens is 3. The highest BCUT2D eigenvalue weighted by atomic mass is 19.2. The van der Waals surface area contributed by atoms with Crippen LogP contribution in [0, 0.1) is 11.6 Å². The fraction of sp³-hybridized carbons (Fsp3) is 0.286. The van der Waals surface area contributed by atoms with Gasteiger partial charge in [-0.3, -0.25) is 4.98 Å². The average Bonchev–Trinajstić information content (AvgIpc) is 3.16. The van der Waals surface area contributed by atoms with Gasteiger partial charge in [0, 0.05) is 44.4 Å². The highest BCUT2D eigenvalue weighted by Gasteiger charge is 2.17. The number of nitrogens with zero attached hydrogens (tertiary/aromatic N) is 4. The van der Waals surface area contributed by atoms with Crippen molar-refractivity contribution >= 4 is 6.03 Å². The zero-order chi connectivity index (χ0) is 20.6. The molecule has 2 heterocycles. The normalized spacial score (nSPS) is 10.7. The second kappa shape index (κ2) is 9.77. The van der Waals surface area contributed by atoms with Gasteiger partial charge in [0.1, 0.15) is 5.82 Å². The van der Waals surface area contributed by atoms with E-state index < -0.39 is 11.6 Å². The van der Waals surface area contributed by atoms with Crippen molar-refractivity contribution in [2.45, 2.75) is 33.0 Å². The number of imidazole rings is 1. The number of pyridine rings is 1. The fourth-order valence-electron chi connectivity index (χ4n) is 2.90. The van der Waals surface area contributed by atoms with Crippen LogP contribution in [0.4, 0.5) is 13.6 Å². The molecule has 0 fully saturated rings. The molecule has 0 saturated heterocycles. The van der Waals surface area contributed by atoms with Crippen LogP contribution in [-0.4, -0.2) is 32.0 Å². The molecule has 2 aromatic heterocycles. The van der Waals surface area contributed by atoms with Crippen LogP contribution in [0.3, 0.4) is 0 Å². The Labute approximate surface area is 168 Å². The number of hydrogen-bond acceptors (Lipinski definition) is 3. The number of nitrogens with one attached hydrogen (secondary N) is 1. The quantitative estimate of drug-likeness (QED) is 0.628. The molecule has 0 spiro atoms. The first kappa shape index (κ1) is 20.4. The molecule has 8 heteroatoms. The molecule has 3 rings (SSSR count). The third kappa shape index (κ3) is 5.60. The summed E-state index contributed by atoms with van der Waals surface area (Å²) in [7, 11) is 0. The van der Waals surface area contributed by atoms with Crippen LogP contribution in [0.25, 0.3) is 0 Å². The van der Waals surface area contributed by atoms with E-state index in [4.69, 9.17) is 0 Å². The molecular formula is C21H23F2N5O. The summed E-state index contributed by atoms with van der Waals surface area (Å²) in [5.41, 5.74) is 1.51. The number of halogens is 2. The van der Waals surface area contributed by atoms with Crippen molar-refractivity contribution in [1.82, 2.24) is 24.8 Å². The van der Waals surface area contributed by atoms with Gasteiger partial charge >= 0.3 is 6.03 Å². The molecule has 0 aliphatic heterocycles. The van der Waals surface area contributed by atoms with E-state index >= 15 is 0 Å². The summed E-state index contributed by atoms with van der Waals surface area (Å²) >= 11 is 0. The first-order valence-electron chi connectivity index (χ1n) is 9.42. The van der Waals surface area contributed by atoms with Gasteiger partial charge < -0.3 is 14.8 Å². The van der Waals surface area contributed by atoms with Crippen molar-refractivity contribution in [2.24, 2.45) is 0 Å². The molecular weight excluding hydrogens is 376 g/mol. The molecule has 6 nitrogen and oxygen atoms in total. The third-order valence-corrected chi connectivity index (χ3v) is 4.38. The SMILES string of the molecule is CCCNC(=O)N(Cc1cccnc1)Cc1nccn1Cc1ccc(F)c(F)c1. The Bertz CT molecular complexity index is 945. The van der Waals surface area contributed by atoms with E-state index in [-0.39, 0.29) is 12.6 Å². The summed E-state index contributed by atoms with van der Waals surface area (Å²) in [6.45, 7) is 3.53. The van der Waals surface area contributed by atoms with Crippen molar-refractivity contribution in [3.63, 3.8) is 0 Å². The van der Waals surface area contributed by atoms with Crippen LogP contribution in [0.1, 0.15) is 30.3 Å². The van der Waals surface area contributed by atoms with Gasteiger partial charge in [-0.05, 0) is 35.7 Å². The third-order valence-electron chi connectivity index (χ3n) is 4.38. The van der Waals surface area contributed by atoms with Gasteiger partial charge in [0.15, 0.2) is 11.6 Å². The van der Waals surface area contributed by atoms with Gasteiger partial charge in [-0.2, -0.15) is 0 Å². The minimum atomic E-state index is -0.888. The maximum Gasteiger partial charge on any atom is 0.318 e. The molecule has 152 valence electrons. The molecule has 3 aromatic rings. The van der Waals surface area contributed by atoms with E-state index in [0.717, 1.165) is 18.1 Å². The smallest absolute Gasteiger partial charge is 0.318 e. The zero-order valence-electron chi connectivity index (χ0n) is 16.2. The van der Waals surface area contributed by atoms with Crippen LogP contribution in [0.5, 0.6) is 0 Å². The predicted molar refractivity (Wildman–Crippen MR) is 105 cm³/mol. The minimum Gasteiger partial charge on any atom is -0.338 e. The summed E-state index contributed by atoms with van der Waals surface area (Å²) < 4.78 is 28.5. The molecule has 0 radical (unpaired) electrons. The van der Waals surface area contributed by atoms with E-state index in [2.05, 4.69) is 15.3 Å². The Morgan fingerprint density at radius 2 is 2.00 bits per heavy atom. The van der Waals surface area contributed by atoms with E-state index in [1.54, 1.807) is 29.7 Å².